The molecule has 1 heterocycles. The molecule has 0 fully saturated rings. The van der Waals surface area contributed by atoms with Gasteiger partial charge in [0, 0.05) is 25.0 Å². The second kappa shape index (κ2) is 5.67. The maximum atomic E-state index is 11.7. The smallest absolute Gasteiger partial charge is 0.287 e. The quantitative estimate of drug-likeness (QED) is 0.496. The van der Waals surface area contributed by atoms with Gasteiger partial charge in [0.1, 0.15) is 5.69 Å². The third-order valence-electron chi connectivity index (χ3n) is 2.26. The largest absolute Gasteiger partial charge is 0.351 e. The Morgan fingerprint density at radius 3 is 2.82 bits per heavy atom. The number of nitro groups is 1. The van der Waals surface area contributed by atoms with Gasteiger partial charge in [-0.2, -0.15) is 0 Å². The zero-order chi connectivity index (χ0) is 13.0. The number of carbonyl (C=O) groups excluding carboxylic acids is 1. The van der Waals surface area contributed by atoms with Gasteiger partial charge in [-0.05, 0) is 13.3 Å². The summed E-state index contributed by atoms with van der Waals surface area (Å²) in [5, 5.41) is 13.2. The van der Waals surface area contributed by atoms with Gasteiger partial charge in [-0.3, -0.25) is 14.9 Å². The van der Waals surface area contributed by atoms with Crippen LogP contribution in [0.15, 0.2) is 12.3 Å². The number of hydrogen-bond acceptors (Lipinski definition) is 3. The molecule has 17 heavy (non-hydrogen) atoms. The van der Waals surface area contributed by atoms with Crippen molar-refractivity contribution in [2.45, 2.75) is 18.7 Å². The van der Waals surface area contributed by atoms with E-state index in [0.29, 0.717) is 13.0 Å². The Morgan fingerprint density at radius 2 is 2.35 bits per heavy atom. The van der Waals surface area contributed by atoms with Crippen LogP contribution < -0.4 is 5.32 Å². The third kappa shape index (κ3) is 3.74. The molecule has 0 radical (unpaired) electrons. The molecule has 0 bridgehead atoms. The first-order valence-electron chi connectivity index (χ1n) is 5.15. The average molecular weight is 260 g/mol. The van der Waals surface area contributed by atoms with Crippen molar-refractivity contribution < 1.29 is 9.72 Å². The number of carbonyl (C=O) groups is 1. The van der Waals surface area contributed by atoms with Crippen LogP contribution in [0.2, 0.25) is 0 Å². The lowest BCUT2D eigenvalue weighted by molar-refractivity contribution is -0.384. The molecule has 1 aromatic rings. The molecule has 0 aromatic carbocycles. The molecular formula is C10H14ClN3O3. The molecule has 0 aliphatic heterocycles. The Balaban J connectivity index is 2.66. The Kier molecular flexibility index (Phi) is 4.51. The molecular weight excluding hydrogens is 246 g/mol. The molecule has 0 saturated carbocycles. The van der Waals surface area contributed by atoms with E-state index in [0.717, 1.165) is 0 Å². The predicted molar refractivity (Wildman–Crippen MR) is 64.3 cm³/mol. The van der Waals surface area contributed by atoms with E-state index < -0.39 is 4.92 Å². The highest BCUT2D eigenvalue weighted by atomic mass is 35.5. The first kappa shape index (κ1) is 13.5. The molecule has 94 valence electrons. The van der Waals surface area contributed by atoms with E-state index >= 15 is 0 Å². The molecule has 0 aliphatic rings. The molecule has 0 aliphatic carbocycles. The van der Waals surface area contributed by atoms with E-state index in [1.54, 1.807) is 7.05 Å². The number of rotatable bonds is 5. The minimum atomic E-state index is -0.530. The number of aryl methyl sites for hydroxylation is 1. The zero-order valence-corrected chi connectivity index (χ0v) is 10.4. The van der Waals surface area contributed by atoms with Crippen LogP contribution in [0.4, 0.5) is 5.69 Å². The van der Waals surface area contributed by atoms with Gasteiger partial charge in [-0.25, -0.2) is 0 Å². The van der Waals surface area contributed by atoms with E-state index in [4.69, 9.17) is 11.6 Å². The Morgan fingerprint density at radius 1 is 1.71 bits per heavy atom. The maximum Gasteiger partial charge on any atom is 0.287 e. The average Bonchev–Trinajstić information content (AvgIpc) is 2.59. The summed E-state index contributed by atoms with van der Waals surface area (Å²) < 4.78 is 1.43. The van der Waals surface area contributed by atoms with Gasteiger partial charge in [0.15, 0.2) is 0 Å². The molecule has 7 heteroatoms. The van der Waals surface area contributed by atoms with Crippen LogP contribution in [0.3, 0.4) is 0 Å². The lowest BCUT2D eigenvalue weighted by atomic mass is 10.3. The van der Waals surface area contributed by atoms with Crippen LogP contribution in [0.1, 0.15) is 23.8 Å². The minimum absolute atomic E-state index is 0.0157. The number of nitrogens with zero attached hydrogens (tertiary/aromatic N) is 2. The number of hydrogen-bond donors (Lipinski definition) is 1. The van der Waals surface area contributed by atoms with Crippen molar-refractivity contribution >= 4 is 23.2 Å². The van der Waals surface area contributed by atoms with Crippen molar-refractivity contribution in [2.24, 2.45) is 7.05 Å². The highest BCUT2D eigenvalue weighted by Crippen LogP contribution is 2.14. The summed E-state index contributed by atoms with van der Waals surface area (Å²) in [6.07, 6.45) is 1.96. The topological polar surface area (TPSA) is 77.2 Å². The molecule has 1 N–H and O–H groups in total. The molecule has 0 saturated heterocycles. The van der Waals surface area contributed by atoms with Crippen molar-refractivity contribution in [3.63, 3.8) is 0 Å². The highest BCUT2D eigenvalue weighted by molar-refractivity contribution is 6.20. The van der Waals surface area contributed by atoms with Gasteiger partial charge in [-0.1, -0.05) is 0 Å². The standard InChI is InChI=1S/C10H14ClN3O3/c1-7(11)3-4-12-10(15)9-5-8(14(16)17)6-13(9)2/h5-7H,3-4H2,1-2H3,(H,12,15). The summed E-state index contributed by atoms with van der Waals surface area (Å²) in [5.41, 5.74) is 0.169. The summed E-state index contributed by atoms with van der Waals surface area (Å²) >= 11 is 5.74. The van der Waals surface area contributed by atoms with Crippen molar-refractivity contribution in [1.29, 1.82) is 0 Å². The first-order valence-corrected chi connectivity index (χ1v) is 5.58. The second-order valence-corrected chi connectivity index (χ2v) is 4.52. The van der Waals surface area contributed by atoms with E-state index in [1.807, 2.05) is 6.92 Å². The third-order valence-corrected chi connectivity index (χ3v) is 2.48. The summed E-state index contributed by atoms with van der Waals surface area (Å²) in [6, 6.07) is 1.25. The first-order chi connectivity index (χ1) is 7.91. The van der Waals surface area contributed by atoms with Crippen LogP contribution in [0.25, 0.3) is 0 Å². The van der Waals surface area contributed by atoms with Gasteiger partial charge in [0.25, 0.3) is 11.6 Å². The van der Waals surface area contributed by atoms with Crippen LogP contribution in [-0.4, -0.2) is 27.3 Å². The fraction of sp³-hybridized carbons (Fsp3) is 0.500. The Hall–Kier alpha value is -1.56. The maximum absolute atomic E-state index is 11.7. The van der Waals surface area contributed by atoms with E-state index in [-0.39, 0.29) is 22.7 Å². The van der Waals surface area contributed by atoms with Crippen LogP contribution >= 0.6 is 11.6 Å². The molecule has 0 spiro atoms. The normalized spacial score (nSPS) is 12.2. The highest BCUT2D eigenvalue weighted by Gasteiger charge is 2.17. The van der Waals surface area contributed by atoms with Gasteiger partial charge in [0.2, 0.25) is 0 Å². The number of amides is 1. The molecule has 1 unspecified atom stereocenters. The summed E-state index contributed by atoms with van der Waals surface area (Å²) in [7, 11) is 1.59. The van der Waals surface area contributed by atoms with Crippen molar-refractivity contribution in [3.8, 4) is 0 Å². The molecule has 1 amide bonds. The number of alkyl halides is 1. The molecule has 1 rings (SSSR count). The SMILES string of the molecule is CC(Cl)CCNC(=O)c1cc([N+](=O)[O-])cn1C. The lowest BCUT2D eigenvalue weighted by Crippen LogP contribution is -2.27. The van der Waals surface area contributed by atoms with Crippen molar-refractivity contribution in [3.05, 3.63) is 28.1 Å². The van der Waals surface area contributed by atoms with Gasteiger partial charge >= 0.3 is 0 Å². The molecule has 1 aromatic heterocycles. The Labute approximate surface area is 104 Å². The van der Waals surface area contributed by atoms with Crippen LogP contribution in [-0.2, 0) is 7.05 Å². The summed E-state index contributed by atoms with van der Waals surface area (Å²) in [6.45, 7) is 2.28. The van der Waals surface area contributed by atoms with Gasteiger partial charge < -0.3 is 9.88 Å². The van der Waals surface area contributed by atoms with Crippen LogP contribution in [0.5, 0.6) is 0 Å². The number of nitrogens with one attached hydrogen (secondary N) is 1. The summed E-state index contributed by atoms with van der Waals surface area (Å²) in [5.74, 6) is -0.335. The van der Waals surface area contributed by atoms with Gasteiger partial charge in [0.05, 0.1) is 11.1 Å². The van der Waals surface area contributed by atoms with E-state index in [2.05, 4.69) is 5.32 Å². The lowest BCUT2D eigenvalue weighted by Gasteiger charge is -2.06. The zero-order valence-electron chi connectivity index (χ0n) is 9.64. The number of aromatic nitrogens is 1. The van der Waals surface area contributed by atoms with E-state index in [9.17, 15) is 14.9 Å². The second-order valence-electron chi connectivity index (χ2n) is 3.78. The fourth-order valence-electron chi connectivity index (χ4n) is 1.35. The summed E-state index contributed by atoms with van der Waals surface area (Å²) in [4.78, 5) is 21.7. The number of halogens is 1. The van der Waals surface area contributed by atoms with Crippen LogP contribution in [0, 0.1) is 10.1 Å². The van der Waals surface area contributed by atoms with Gasteiger partial charge in [-0.15, -0.1) is 11.6 Å². The Bertz CT molecular complexity index is 428. The minimum Gasteiger partial charge on any atom is -0.351 e. The van der Waals surface area contributed by atoms with E-state index in [1.165, 1.54) is 16.8 Å². The monoisotopic (exact) mass is 259 g/mol. The van der Waals surface area contributed by atoms with Crippen molar-refractivity contribution in [2.75, 3.05) is 6.54 Å². The van der Waals surface area contributed by atoms with Crippen molar-refractivity contribution in [1.82, 2.24) is 9.88 Å². The fourth-order valence-corrected chi connectivity index (χ4v) is 1.46. The predicted octanol–water partition coefficient (Wildman–Crippen LogP) is 1.68. The molecule has 6 nitrogen and oxygen atoms in total. The molecule has 1 atom stereocenters.